The molecule has 0 amide bonds. The SMILES string of the molecule is CCC1COCCN1c1cc(NC)ncn1. The number of ether oxygens (including phenoxy) is 1. The molecular weight excluding hydrogens is 204 g/mol. The first-order valence-electron chi connectivity index (χ1n) is 5.69. The standard InChI is InChI=1S/C11H18N4O/c1-3-9-7-16-5-4-15(9)11-6-10(12-2)13-8-14-11/h6,8-9H,3-5,7H2,1-2H3,(H,12,13,14). The normalized spacial score (nSPS) is 20.9. The smallest absolute Gasteiger partial charge is 0.134 e. The van der Waals surface area contributed by atoms with E-state index in [0.29, 0.717) is 6.04 Å². The summed E-state index contributed by atoms with van der Waals surface area (Å²) in [5.41, 5.74) is 0. The molecule has 1 N–H and O–H groups in total. The second-order valence-electron chi connectivity index (χ2n) is 3.84. The summed E-state index contributed by atoms with van der Waals surface area (Å²) in [5, 5.41) is 3.03. The first-order chi connectivity index (χ1) is 7.85. The third kappa shape index (κ3) is 2.24. The zero-order valence-electron chi connectivity index (χ0n) is 9.81. The van der Waals surface area contributed by atoms with Crippen molar-refractivity contribution in [2.24, 2.45) is 0 Å². The maximum absolute atomic E-state index is 5.48. The Morgan fingerprint density at radius 1 is 1.56 bits per heavy atom. The van der Waals surface area contributed by atoms with Gasteiger partial charge in [0.25, 0.3) is 0 Å². The summed E-state index contributed by atoms with van der Waals surface area (Å²) in [4.78, 5) is 10.7. The Labute approximate surface area is 95.8 Å². The van der Waals surface area contributed by atoms with E-state index in [1.54, 1.807) is 6.33 Å². The van der Waals surface area contributed by atoms with E-state index in [0.717, 1.165) is 37.8 Å². The highest BCUT2D eigenvalue weighted by Crippen LogP contribution is 2.20. The lowest BCUT2D eigenvalue weighted by Gasteiger charge is -2.35. The topological polar surface area (TPSA) is 50.3 Å². The zero-order valence-corrected chi connectivity index (χ0v) is 9.81. The van der Waals surface area contributed by atoms with Gasteiger partial charge in [-0.1, -0.05) is 6.92 Å². The van der Waals surface area contributed by atoms with Gasteiger partial charge in [-0.05, 0) is 6.42 Å². The molecule has 5 heteroatoms. The molecule has 88 valence electrons. The maximum Gasteiger partial charge on any atom is 0.134 e. The van der Waals surface area contributed by atoms with Crippen molar-refractivity contribution in [1.82, 2.24) is 9.97 Å². The van der Waals surface area contributed by atoms with Gasteiger partial charge in [-0.2, -0.15) is 0 Å². The minimum Gasteiger partial charge on any atom is -0.377 e. The second-order valence-corrected chi connectivity index (χ2v) is 3.84. The lowest BCUT2D eigenvalue weighted by Crippen LogP contribution is -2.45. The fourth-order valence-electron chi connectivity index (χ4n) is 1.94. The summed E-state index contributed by atoms with van der Waals surface area (Å²) in [6.07, 6.45) is 2.67. The average molecular weight is 222 g/mol. The summed E-state index contributed by atoms with van der Waals surface area (Å²) < 4.78 is 5.48. The van der Waals surface area contributed by atoms with Crippen molar-refractivity contribution in [2.45, 2.75) is 19.4 Å². The van der Waals surface area contributed by atoms with Crippen LogP contribution in [0.25, 0.3) is 0 Å². The van der Waals surface area contributed by atoms with Crippen LogP contribution in [0.1, 0.15) is 13.3 Å². The molecule has 1 fully saturated rings. The Morgan fingerprint density at radius 2 is 2.44 bits per heavy atom. The van der Waals surface area contributed by atoms with Gasteiger partial charge in [-0.25, -0.2) is 9.97 Å². The number of morpholine rings is 1. The van der Waals surface area contributed by atoms with Crippen LogP contribution in [-0.4, -0.2) is 42.8 Å². The average Bonchev–Trinajstić information content (AvgIpc) is 2.38. The van der Waals surface area contributed by atoms with Crippen LogP contribution >= 0.6 is 0 Å². The number of aromatic nitrogens is 2. The van der Waals surface area contributed by atoms with Crippen LogP contribution in [0.15, 0.2) is 12.4 Å². The van der Waals surface area contributed by atoms with Gasteiger partial charge in [0.1, 0.15) is 18.0 Å². The van der Waals surface area contributed by atoms with Gasteiger partial charge in [0.05, 0.1) is 19.3 Å². The van der Waals surface area contributed by atoms with Crippen LogP contribution < -0.4 is 10.2 Å². The van der Waals surface area contributed by atoms with Crippen molar-refractivity contribution >= 4 is 11.6 Å². The van der Waals surface area contributed by atoms with Crippen LogP contribution in [0, 0.1) is 0 Å². The molecule has 1 aromatic rings. The van der Waals surface area contributed by atoms with Gasteiger partial charge < -0.3 is 15.0 Å². The predicted octanol–water partition coefficient (Wildman–Crippen LogP) is 1.13. The highest BCUT2D eigenvalue weighted by atomic mass is 16.5. The zero-order chi connectivity index (χ0) is 11.4. The van der Waals surface area contributed by atoms with Gasteiger partial charge in [0, 0.05) is 19.7 Å². The number of rotatable bonds is 3. The number of hydrogen-bond donors (Lipinski definition) is 1. The fraction of sp³-hybridized carbons (Fsp3) is 0.636. The van der Waals surface area contributed by atoms with E-state index >= 15 is 0 Å². The summed E-state index contributed by atoms with van der Waals surface area (Å²) in [6.45, 7) is 4.63. The van der Waals surface area contributed by atoms with Gasteiger partial charge >= 0.3 is 0 Å². The molecule has 0 spiro atoms. The molecule has 1 atom stereocenters. The molecule has 1 aliphatic rings. The molecule has 1 saturated heterocycles. The van der Waals surface area contributed by atoms with E-state index in [-0.39, 0.29) is 0 Å². The minimum atomic E-state index is 0.424. The molecule has 1 aliphatic heterocycles. The third-order valence-corrected chi connectivity index (χ3v) is 2.90. The van der Waals surface area contributed by atoms with Crippen molar-refractivity contribution in [3.05, 3.63) is 12.4 Å². The Balaban J connectivity index is 2.20. The van der Waals surface area contributed by atoms with Crippen LogP contribution in [0.4, 0.5) is 11.6 Å². The van der Waals surface area contributed by atoms with Gasteiger partial charge in [-0.3, -0.25) is 0 Å². The Morgan fingerprint density at radius 3 is 3.19 bits per heavy atom. The molecule has 1 unspecified atom stereocenters. The van der Waals surface area contributed by atoms with Crippen molar-refractivity contribution in [3.8, 4) is 0 Å². The summed E-state index contributed by atoms with van der Waals surface area (Å²) in [6, 6.07) is 2.40. The Kier molecular flexibility index (Phi) is 3.56. The molecule has 0 aromatic carbocycles. The third-order valence-electron chi connectivity index (χ3n) is 2.90. The summed E-state index contributed by atoms with van der Waals surface area (Å²) >= 11 is 0. The van der Waals surface area contributed by atoms with Crippen LogP contribution in [0.3, 0.4) is 0 Å². The lowest BCUT2D eigenvalue weighted by atomic mass is 10.2. The molecule has 16 heavy (non-hydrogen) atoms. The van der Waals surface area contributed by atoms with Crippen molar-refractivity contribution < 1.29 is 4.74 Å². The van der Waals surface area contributed by atoms with E-state index < -0.39 is 0 Å². The molecule has 0 saturated carbocycles. The summed E-state index contributed by atoms with van der Waals surface area (Å²) in [5.74, 6) is 1.83. The van der Waals surface area contributed by atoms with Crippen molar-refractivity contribution in [2.75, 3.05) is 37.0 Å². The minimum absolute atomic E-state index is 0.424. The Bertz CT molecular complexity index is 345. The van der Waals surface area contributed by atoms with Gasteiger partial charge in [0.2, 0.25) is 0 Å². The van der Waals surface area contributed by atoms with Crippen LogP contribution in [-0.2, 0) is 4.74 Å². The highest BCUT2D eigenvalue weighted by Gasteiger charge is 2.22. The number of nitrogens with zero attached hydrogens (tertiary/aromatic N) is 3. The molecule has 2 rings (SSSR count). The molecule has 2 heterocycles. The number of hydrogen-bond acceptors (Lipinski definition) is 5. The molecule has 0 radical (unpaired) electrons. The van der Waals surface area contributed by atoms with Crippen LogP contribution in [0.5, 0.6) is 0 Å². The monoisotopic (exact) mass is 222 g/mol. The summed E-state index contributed by atoms with van der Waals surface area (Å²) in [7, 11) is 1.86. The van der Waals surface area contributed by atoms with E-state index in [1.165, 1.54) is 0 Å². The second kappa shape index (κ2) is 5.12. The largest absolute Gasteiger partial charge is 0.377 e. The Hall–Kier alpha value is -1.36. The van der Waals surface area contributed by atoms with E-state index in [1.807, 2.05) is 13.1 Å². The molecule has 0 bridgehead atoms. The van der Waals surface area contributed by atoms with E-state index in [9.17, 15) is 0 Å². The first-order valence-corrected chi connectivity index (χ1v) is 5.69. The first kappa shape index (κ1) is 11.1. The highest BCUT2D eigenvalue weighted by molar-refractivity contribution is 5.49. The number of anilines is 2. The maximum atomic E-state index is 5.48. The van der Waals surface area contributed by atoms with Crippen LogP contribution in [0.2, 0.25) is 0 Å². The van der Waals surface area contributed by atoms with Crippen molar-refractivity contribution in [3.63, 3.8) is 0 Å². The number of nitrogens with one attached hydrogen (secondary N) is 1. The van der Waals surface area contributed by atoms with E-state index in [4.69, 9.17) is 4.74 Å². The molecule has 1 aromatic heterocycles. The van der Waals surface area contributed by atoms with Crippen molar-refractivity contribution in [1.29, 1.82) is 0 Å². The molecule has 5 nitrogen and oxygen atoms in total. The molecular formula is C11H18N4O. The lowest BCUT2D eigenvalue weighted by molar-refractivity contribution is 0.0925. The quantitative estimate of drug-likeness (QED) is 0.831. The predicted molar refractivity (Wildman–Crippen MR) is 63.8 cm³/mol. The van der Waals surface area contributed by atoms with Gasteiger partial charge in [0.15, 0.2) is 0 Å². The van der Waals surface area contributed by atoms with E-state index in [2.05, 4.69) is 27.1 Å². The molecule has 0 aliphatic carbocycles. The fourth-order valence-corrected chi connectivity index (χ4v) is 1.94. The van der Waals surface area contributed by atoms with Gasteiger partial charge in [-0.15, -0.1) is 0 Å².